The van der Waals surface area contributed by atoms with Crippen LogP contribution >= 0.6 is 11.3 Å². The zero-order valence-corrected chi connectivity index (χ0v) is 15.9. The van der Waals surface area contributed by atoms with Crippen LogP contribution in [0.5, 0.6) is 11.5 Å². The SMILES string of the molecule is COc1ccc(CCNc2oc(C=Cc3cccs3)nc2C#N)cc1OC. The summed E-state index contributed by atoms with van der Waals surface area (Å²) in [6.45, 7) is 0.591. The molecule has 0 aliphatic rings. The number of nitrogens with zero attached hydrogens (tertiary/aromatic N) is 2. The Morgan fingerprint density at radius 3 is 2.78 bits per heavy atom. The average molecular weight is 381 g/mol. The largest absolute Gasteiger partial charge is 0.493 e. The van der Waals surface area contributed by atoms with Gasteiger partial charge in [0, 0.05) is 17.5 Å². The molecule has 27 heavy (non-hydrogen) atoms. The molecule has 1 aromatic carbocycles. The molecule has 2 heterocycles. The van der Waals surface area contributed by atoms with Crippen molar-refractivity contribution in [1.82, 2.24) is 4.98 Å². The van der Waals surface area contributed by atoms with Gasteiger partial charge in [-0.3, -0.25) is 0 Å². The molecule has 138 valence electrons. The molecule has 0 aliphatic heterocycles. The molecule has 0 fully saturated rings. The van der Waals surface area contributed by atoms with E-state index in [-0.39, 0.29) is 5.69 Å². The number of benzene rings is 1. The van der Waals surface area contributed by atoms with Gasteiger partial charge in [-0.2, -0.15) is 10.2 Å². The molecule has 0 saturated heterocycles. The van der Waals surface area contributed by atoms with E-state index in [0.717, 1.165) is 16.9 Å². The minimum absolute atomic E-state index is 0.244. The van der Waals surface area contributed by atoms with Gasteiger partial charge in [-0.15, -0.1) is 11.3 Å². The van der Waals surface area contributed by atoms with E-state index < -0.39 is 0 Å². The van der Waals surface area contributed by atoms with Crippen LogP contribution in [0.2, 0.25) is 0 Å². The van der Waals surface area contributed by atoms with E-state index in [4.69, 9.17) is 13.9 Å². The Balaban J connectivity index is 1.63. The number of aromatic nitrogens is 1. The first-order chi connectivity index (χ1) is 13.2. The number of methoxy groups -OCH3 is 2. The number of oxazole rings is 1. The number of nitriles is 1. The van der Waals surface area contributed by atoms with Gasteiger partial charge < -0.3 is 19.2 Å². The van der Waals surface area contributed by atoms with Gasteiger partial charge >= 0.3 is 0 Å². The minimum Gasteiger partial charge on any atom is -0.493 e. The number of rotatable bonds is 8. The van der Waals surface area contributed by atoms with Crippen LogP contribution < -0.4 is 14.8 Å². The summed E-state index contributed by atoms with van der Waals surface area (Å²) in [6.07, 6.45) is 4.39. The second kappa shape index (κ2) is 8.92. The molecule has 3 rings (SSSR count). The second-order valence-electron chi connectivity index (χ2n) is 5.56. The summed E-state index contributed by atoms with van der Waals surface area (Å²) in [7, 11) is 3.22. The summed E-state index contributed by atoms with van der Waals surface area (Å²) in [5.41, 5.74) is 1.32. The maximum atomic E-state index is 9.26. The predicted octanol–water partition coefficient (Wildman–Crippen LogP) is 4.45. The highest BCUT2D eigenvalue weighted by atomic mass is 32.1. The van der Waals surface area contributed by atoms with Crippen LogP contribution in [0.3, 0.4) is 0 Å². The van der Waals surface area contributed by atoms with Crippen molar-refractivity contribution < 1.29 is 13.9 Å². The highest BCUT2D eigenvalue weighted by molar-refractivity contribution is 7.10. The quantitative estimate of drug-likeness (QED) is 0.621. The number of anilines is 1. The van der Waals surface area contributed by atoms with Crippen LogP contribution in [0, 0.1) is 11.3 Å². The fourth-order valence-electron chi connectivity index (χ4n) is 2.50. The first-order valence-corrected chi connectivity index (χ1v) is 9.18. The Labute approximate surface area is 161 Å². The lowest BCUT2D eigenvalue weighted by molar-refractivity contribution is 0.354. The standard InChI is InChI=1S/C20H19N3O3S/c1-24-17-7-5-14(12-18(17)25-2)9-10-22-20-16(13-21)23-19(26-20)8-6-15-4-3-11-27-15/h3-8,11-12,22H,9-10H2,1-2H3. The normalized spacial score (nSPS) is 10.7. The van der Waals surface area contributed by atoms with E-state index in [9.17, 15) is 5.26 Å². The molecule has 0 unspecified atom stereocenters. The van der Waals surface area contributed by atoms with E-state index >= 15 is 0 Å². The zero-order valence-electron chi connectivity index (χ0n) is 15.1. The molecule has 0 amide bonds. The molecule has 2 aromatic heterocycles. The summed E-state index contributed by atoms with van der Waals surface area (Å²) in [6, 6.07) is 11.8. The van der Waals surface area contributed by atoms with Gasteiger partial charge in [0.25, 0.3) is 0 Å². The predicted molar refractivity (Wildman–Crippen MR) is 106 cm³/mol. The van der Waals surface area contributed by atoms with Crippen molar-refractivity contribution >= 4 is 29.4 Å². The fraction of sp³-hybridized carbons (Fsp3) is 0.200. The Morgan fingerprint density at radius 1 is 1.22 bits per heavy atom. The van der Waals surface area contributed by atoms with Gasteiger partial charge in [0.15, 0.2) is 11.5 Å². The Morgan fingerprint density at radius 2 is 2.07 bits per heavy atom. The van der Waals surface area contributed by atoms with Crippen molar-refractivity contribution in [3.8, 4) is 17.6 Å². The molecule has 0 saturated carbocycles. The van der Waals surface area contributed by atoms with Crippen molar-refractivity contribution in [3.05, 3.63) is 57.7 Å². The Hall–Kier alpha value is -3.24. The first-order valence-electron chi connectivity index (χ1n) is 8.30. The Bertz CT molecular complexity index is 956. The third kappa shape index (κ3) is 4.68. The van der Waals surface area contributed by atoms with E-state index in [1.807, 2.05) is 41.8 Å². The minimum atomic E-state index is 0.244. The molecule has 0 aliphatic carbocycles. The van der Waals surface area contributed by atoms with Crippen molar-refractivity contribution in [3.63, 3.8) is 0 Å². The molecular weight excluding hydrogens is 362 g/mol. The van der Waals surface area contributed by atoms with Crippen LogP contribution in [-0.2, 0) is 6.42 Å². The fourth-order valence-corrected chi connectivity index (χ4v) is 3.12. The molecule has 7 heteroatoms. The second-order valence-corrected chi connectivity index (χ2v) is 6.54. The van der Waals surface area contributed by atoms with Gasteiger partial charge in [0.1, 0.15) is 6.07 Å². The van der Waals surface area contributed by atoms with E-state index in [2.05, 4.69) is 16.4 Å². The zero-order chi connectivity index (χ0) is 19.1. The van der Waals surface area contributed by atoms with Crippen LogP contribution in [-0.4, -0.2) is 25.7 Å². The van der Waals surface area contributed by atoms with E-state index in [0.29, 0.717) is 29.8 Å². The molecule has 3 aromatic rings. The van der Waals surface area contributed by atoms with Gasteiger partial charge in [0.2, 0.25) is 17.5 Å². The van der Waals surface area contributed by atoms with Crippen LogP contribution in [0.25, 0.3) is 12.2 Å². The molecule has 0 radical (unpaired) electrons. The molecule has 0 bridgehead atoms. The van der Waals surface area contributed by atoms with Crippen LogP contribution in [0.15, 0.2) is 40.1 Å². The third-order valence-electron chi connectivity index (χ3n) is 3.83. The maximum Gasteiger partial charge on any atom is 0.232 e. The van der Waals surface area contributed by atoms with Crippen LogP contribution in [0.4, 0.5) is 5.88 Å². The number of thiophene rings is 1. The van der Waals surface area contributed by atoms with E-state index in [1.165, 1.54) is 0 Å². The van der Waals surface area contributed by atoms with Gasteiger partial charge in [0.05, 0.1) is 14.2 Å². The topological polar surface area (TPSA) is 80.3 Å². The molecule has 0 atom stereocenters. The maximum absolute atomic E-state index is 9.26. The van der Waals surface area contributed by atoms with Crippen molar-refractivity contribution in [1.29, 1.82) is 5.26 Å². The summed E-state index contributed by atoms with van der Waals surface area (Å²) in [5.74, 6) is 2.16. The lowest BCUT2D eigenvalue weighted by atomic mass is 10.1. The third-order valence-corrected chi connectivity index (χ3v) is 4.67. The lowest BCUT2D eigenvalue weighted by Crippen LogP contribution is -2.05. The van der Waals surface area contributed by atoms with Crippen molar-refractivity contribution in [2.75, 3.05) is 26.1 Å². The average Bonchev–Trinajstić information content (AvgIpc) is 3.35. The summed E-state index contributed by atoms with van der Waals surface area (Å²) < 4.78 is 16.2. The number of hydrogen-bond donors (Lipinski definition) is 1. The van der Waals surface area contributed by atoms with Gasteiger partial charge in [-0.1, -0.05) is 12.1 Å². The molecular formula is C20H19N3O3S. The first kappa shape index (κ1) is 18.5. The number of hydrogen-bond acceptors (Lipinski definition) is 7. The lowest BCUT2D eigenvalue weighted by Gasteiger charge is -2.09. The Kier molecular flexibility index (Phi) is 6.13. The highest BCUT2D eigenvalue weighted by Crippen LogP contribution is 2.28. The highest BCUT2D eigenvalue weighted by Gasteiger charge is 2.11. The van der Waals surface area contributed by atoms with Crippen LogP contribution in [0.1, 0.15) is 22.0 Å². The number of nitrogens with one attached hydrogen (secondary N) is 1. The summed E-state index contributed by atoms with van der Waals surface area (Å²) >= 11 is 1.62. The molecule has 0 spiro atoms. The van der Waals surface area contributed by atoms with Crippen molar-refractivity contribution in [2.24, 2.45) is 0 Å². The van der Waals surface area contributed by atoms with Gasteiger partial charge in [-0.25, -0.2) is 0 Å². The number of ether oxygens (including phenoxy) is 2. The molecule has 6 nitrogen and oxygen atoms in total. The molecule has 1 N–H and O–H groups in total. The van der Waals surface area contributed by atoms with Crippen molar-refractivity contribution in [2.45, 2.75) is 6.42 Å². The summed E-state index contributed by atoms with van der Waals surface area (Å²) in [4.78, 5) is 5.29. The van der Waals surface area contributed by atoms with E-state index in [1.54, 1.807) is 31.6 Å². The monoisotopic (exact) mass is 381 g/mol. The summed E-state index contributed by atoms with van der Waals surface area (Å²) in [5, 5.41) is 14.4. The smallest absolute Gasteiger partial charge is 0.232 e. The van der Waals surface area contributed by atoms with Gasteiger partial charge in [-0.05, 0) is 41.6 Å².